The largest absolute Gasteiger partial charge is 0.399 e. The van der Waals surface area contributed by atoms with Gasteiger partial charge in [-0.15, -0.1) is 0 Å². The van der Waals surface area contributed by atoms with E-state index in [2.05, 4.69) is 4.72 Å². The lowest BCUT2D eigenvalue weighted by molar-refractivity contribution is 0.358. The van der Waals surface area contributed by atoms with Crippen molar-refractivity contribution in [2.75, 3.05) is 32.4 Å². The molecule has 0 amide bonds. The Kier molecular flexibility index (Phi) is 5.13. The number of likely N-dealkylation sites (N-methyl/N-ethyl adjacent to an activating group) is 1. The van der Waals surface area contributed by atoms with E-state index in [0.29, 0.717) is 24.3 Å². The second-order valence-electron chi connectivity index (χ2n) is 4.32. The third-order valence-electron chi connectivity index (χ3n) is 2.83. The number of nitrogen functional groups attached to an aromatic ring is 1. The average molecular weight is 271 g/mol. The molecular formula is C12H21N3O2S. The number of nitrogens with two attached hydrogens (primary N) is 1. The molecule has 1 rings (SSSR count). The molecule has 0 aromatic heterocycles. The van der Waals surface area contributed by atoms with Crippen LogP contribution in [-0.4, -0.2) is 40.0 Å². The second kappa shape index (κ2) is 6.17. The van der Waals surface area contributed by atoms with Gasteiger partial charge in [0.2, 0.25) is 10.0 Å². The van der Waals surface area contributed by atoms with Crippen LogP contribution >= 0.6 is 0 Å². The van der Waals surface area contributed by atoms with E-state index in [4.69, 9.17) is 5.73 Å². The maximum Gasteiger partial charge on any atom is 0.240 e. The first-order chi connectivity index (χ1) is 8.36. The van der Waals surface area contributed by atoms with Crippen molar-refractivity contribution < 1.29 is 8.42 Å². The summed E-state index contributed by atoms with van der Waals surface area (Å²) in [5, 5.41) is 0. The van der Waals surface area contributed by atoms with Crippen molar-refractivity contribution in [3.05, 3.63) is 23.8 Å². The van der Waals surface area contributed by atoms with Crippen LogP contribution in [0.4, 0.5) is 5.69 Å². The summed E-state index contributed by atoms with van der Waals surface area (Å²) in [6.45, 7) is 5.74. The van der Waals surface area contributed by atoms with Gasteiger partial charge in [-0.3, -0.25) is 0 Å². The molecule has 0 radical (unpaired) electrons. The van der Waals surface area contributed by atoms with Gasteiger partial charge in [-0.1, -0.05) is 13.0 Å². The van der Waals surface area contributed by atoms with Crippen LogP contribution in [0.15, 0.2) is 23.1 Å². The number of sulfonamides is 1. The molecule has 3 N–H and O–H groups in total. The molecule has 1 aromatic carbocycles. The van der Waals surface area contributed by atoms with Crippen molar-refractivity contribution in [3.8, 4) is 0 Å². The Morgan fingerprint density at radius 2 is 2.06 bits per heavy atom. The Morgan fingerprint density at radius 3 is 2.67 bits per heavy atom. The lowest BCUT2D eigenvalue weighted by Crippen LogP contribution is -2.33. The van der Waals surface area contributed by atoms with Crippen LogP contribution < -0.4 is 10.5 Å². The monoisotopic (exact) mass is 271 g/mol. The molecule has 6 heteroatoms. The maximum absolute atomic E-state index is 12.1. The Hall–Kier alpha value is -1.11. The molecule has 102 valence electrons. The third kappa shape index (κ3) is 3.97. The van der Waals surface area contributed by atoms with Crippen LogP contribution in [0.25, 0.3) is 0 Å². The molecule has 0 unspecified atom stereocenters. The highest BCUT2D eigenvalue weighted by Gasteiger charge is 2.16. The minimum Gasteiger partial charge on any atom is -0.399 e. The number of benzene rings is 1. The van der Waals surface area contributed by atoms with Gasteiger partial charge in [0.15, 0.2) is 0 Å². The fourth-order valence-electron chi connectivity index (χ4n) is 1.51. The summed E-state index contributed by atoms with van der Waals surface area (Å²) in [6, 6.07) is 4.89. The van der Waals surface area contributed by atoms with Crippen molar-refractivity contribution in [3.63, 3.8) is 0 Å². The predicted molar refractivity (Wildman–Crippen MR) is 74.0 cm³/mol. The molecule has 1 aromatic rings. The molecule has 18 heavy (non-hydrogen) atoms. The zero-order valence-electron chi connectivity index (χ0n) is 11.1. The zero-order valence-corrected chi connectivity index (χ0v) is 11.9. The molecule has 0 atom stereocenters. The summed E-state index contributed by atoms with van der Waals surface area (Å²) in [7, 11) is -1.53. The van der Waals surface area contributed by atoms with E-state index in [1.54, 1.807) is 19.1 Å². The van der Waals surface area contributed by atoms with Crippen LogP contribution in [0.2, 0.25) is 0 Å². The van der Waals surface area contributed by atoms with E-state index in [1.807, 2.05) is 18.9 Å². The minimum atomic E-state index is -3.47. The first-order valence-corrected chi connectivity index (χ1v) is 7.39. The van der Waals surface area contributed by atoms with Gasteiger partial charge in [-0.2, -0.15) is 0 Å². The summed E-state index contributed by atoms with van der Waals surface area (Å²) < 4.78 is 26.8. The molecule has 0 aliphatic carbocycles. The first-order valence-electron chi connectivity index (χ1n) is 5.91. The van der Waals surface area contributed by atoms with Crippen molar-refractivity contribution >= 4 is 15.7 Å². The number of hydrogen-bond donors (Lipinski definition) is 2. The fourth-order valence-corrected chi connectivity index (χ4v) is 2.81. The lowest BCUT2D eigenvalue weighted by atomic mass is 10.2. The number of nitrogens with one attached hydrogen (secondary N) is 1. The quantitative estimate of drug-likeness (QED) is 0.751. The topological polar surface area (TPSA) is 75.4 Å². The maximum atomic E-state index is 12.1. The van der Waals surface area contributed by atoms with E-state index in [1.165, 1.54) is 6.07 Å². The standard InChI is InChI=1S/C12H21N3O2S/c1-4-15(3)8-7-14-18(16,17)12-9-11(13)6-5-10(12)2/h5-6,9,14H,4,7-8,13H2,1-3H3. The van der Waals surface area contributed by atoms with E-state index >= 15 is 0 Å². The van der Waals surface area contributed by atoms with Crippen molar-refractivity contribution in [1.29, 1.82) is 0 Å². The van der Waals surface area contributed by atoms with Gasteiger partial charge < -0.3 is 10.6 Å². The molecule has 0 saturated carbocycles. The summed E-state index contributed by atoms with van der Waals surface area (Å²) in [4.78, 5) is 2.29. The average Bonchev–Trinajstić information content (AvgIpc) is 2.31. The van der Waals surface area contributed by atoms with Gasteiger partial charge in [-0.05, 0) is 38.2 Å². The number of hydrogen-bond acceptors (Lipinski definition) is 4. The highest BCUT2D eigenvalue weighted by Crippen LogP contribution is 2.17. The van der Waals surface area contributed by atoms with Gasteiger partial charge in [0.1, 0.15) is 0 Å². The smallest absolute Gasteiger partial charge is 0.240 e. The van der Waals surface area contributed by atoms with E-state index < -0.39 is 10.0 Å². The zero-order chi connectivity index (χ0) is 13.8. The van der Waals surface area contributed by atoms with Gasteiger partial charge in [-0.25, -0.2) is 13.1 Å². The molecule has 0 saturated heterocycles. The molecule has 0 heterocycles. The van der Waals surface area contributed by atoms with Crippen LogP contribution in [0.5, 0.6) is 0 Å². The summed E-state index contributed by atoms with van der Waals surface area (Å²) >= 11 is 0. The van der Waals surface area contributed by atoms with Crippen LogP contribution in [0.1, 0.15) is 12.5 Å². The Morgan fingerprint density at radius 1 is 1.39 bits per heavy atom. The van der Waals surface area contributed by atoms with E-state index in [-0.39, 0.29) is 4.90 Å². The summed E-state index contributed by atoms with van der Waals surface area (Å²) in [5.41, 5.74) is 6.77. The van der Waals surface area contributed by atoms with Gasteiger partial charge >= 0.3 is 0 Å². The molecule has 0 aliphatic heterocycles. The number of anilines is 1. The highest BCUT2D eigenvalue weighted by atomic mass is 32.2. The molecular weight excluding hydrogens is 250 g/mol. The van der Waals surface area contributed by atoms with Crippen LogP contribution in [0, 0.1) is 6.92 Å². The van der Waals surface area contributed by atoms with Crippen molar-refractivity contribution in [2.45, 2.75) is 18.7 Å². The minimum absolute atomic E-state index is 0.252. The van der Waals surface area contributed by atoms with Gasteiger partial charge in [0, 0.05) is 18.8 Å². The van der Waals surface area contributed by atoms with Gasteiger partial charge in [0.25, 0.3) is 0 Å². The number of rotatable bonds is 6. The fraction of sp³-hybridized carbons (Fsp3) is 0.500. The Bertz CT molecular complexity index is 500. The predicted octanol–water partition coefficient (Wildman–Crippen LogP) is 0.807. The van der Waals surface area contributed by atoms with Crippen LogP contribution in [-0.2, 0) is 10.0 Å². The molecule has 5 nitrogen and oxygen atoms in total. The molecule has 0 spiro atoms. The highest BCUT2D eigenvalue weighted by molar-refractivity contribution is 7.89. The summed E-state index contributed by atoms with van der Waals surface area (Å²) in [6.07, 6.45) is 0. The number of aryl methyl sites for hydroxylation is 1. The third-order valence-corrected chi connectivity index (χ3v) is 4.43. The van der Waals surface area contributed by atoms with Gasteiger partial charge in [0.05, 0.1) is 4.90 Å². The van der Waals surface area contributed by atoms with E-state index in [0.717, 1.165) is 6.54 Å². The van der Waals surface area contributed by atoms with Crippen molar-refractivity contribution in [1.82, 2.24) is 9.62 Å². The molecule has 0 bridgehead atoms. The Balaban J connectivity index is 2.77. The second-order valence-corrected chi connectivity index (χ2v) is 6.05. The number of nitrogens with zero attached hydrogens (tertiary/aromatic N) is 1. The molecule has 0 aliphatic rings. The first kappa shape index (κ1) is 14.9. The lowest BCUT2D eigenvalue weighted by Gasteiger charge is -2.15. The van der Waals surface area contributed by atoms with Crippen LogP contribution in [0.3, 0.4) is 0 Å². The SMILES string of the molecule is CCN(C)CCNS(=O)(=O)c1cc(N)ccc1C. The van der Waals surface area contributed by atoms with E-state index in [9.17, 15) is 8.42 Å². The summed E-state index contributed by atoms with van der Waals surface area (Å²) in [5.74, 6) is 0. The Labute approximate surface area is 109 Å². The van der Waals surface area contributed by atoms with Crippen molar-refractivity contribution in [2.24, 2.45) is 0 Å². The molecule has 0 fully saturated rings. The normalized spacial score (nSPS) is 12.0.